The average Bonchev–Trinajstić information content (AvgIpc) is 3.11. The maximum absolute atomic E-state index is 11.6. The molecule has 0 spiro atoms. The van der Waals surface area contributed by atoms with Gasteiger partial charge >= 0.3 is 0 Å². The minimum absolute atomic E-state index is 0.241. The molecule has 4 nitrogen and oxygen atoms in total. The Morgan fingerprint density at radius 1 is 1.22 bits per heavy atom. The van der Waals surface area contributed by atoms with E-state index in [-0.39, 0.29) is 5.91 Å². The van der Waals surface area contributed by atoms with Crippen molar-refractivity contribution >= 4 is 21.8 Å². The van der Waals surface area contributed by atoms with Gasteiger partial charge < -0.3 is 14.5 Å². The zero-order valence-corrected chi connectivity index (χ0v) is 18.3. The Bertz CT molecular complexity index is 637. The Kier molecular flexibility index (Phi) is 7.59. The maximum atomic E-state index is 11.6. The highest BCUT2D eigenvalue weighted by Crippen LogP contribution is 2.29. The maximum Gasteiger partial charge on any atom is 0.219 e. The summed E-state index contributed by atoms with van der Waals surface area (Å²) in [5, 5.41) is 0. The molecule has 1 aromatic carbocycles. The molecule has 27 heavy (non-hydrogen) atoms. The SMILES string of the molecule is COc1ccc(Br)c(CC2CCN(CCCC3CCCN(C(C)=O)C3)C2)c1. The molecule has 2 aliphatic heterocycles. The van der Waals surface area contributed by atoms with Crippen LogP contribution in [0, 0.1) is 11.8 Å². The van der Waals surface area contributed by atoms with Gasteiger partial charge in [0, 0.05) is 31.0 Å². The number of hydrogen-bond donors (Lipinski definition) is 0. The number of rotatable bonds is 7. The highest BCUT2D eigenvalue weighted by atomic mass is 79.9. The first-order chi connectivity index (χ1) is 13.0. The molecular formula is C22H33BrN2O2. The fourth-order valence-electron chi connectivity index (χ4n) is 4.62. The average molecular weight is 437 g/mol. The Hall–Kier alpha value is -1.07. The standard InChI is InChI=1S/C22H33BrN2O2/c1-17(26)25-11-4-6-18(16-25)5-3-10-24-12-9-19(15-24)13-20-14-21(27-2)7-8-22(20)23/h7-8,14,18-19H,3-6,9-13,15-16H2,1-2H3. The van der Waals surface area contributed by atoms with Crippen LogP contribution in [0.4, 0.5) is 0 Å². The van der Waals surface area contributed by atoms with Crippen molar-refractivity contribution < 1.29 is 9.53 Å². The van der Waals surface area contributed by atoms with E-state index in [0.717, 1.165) is 31.2 Å². The minimum atomic E-state index is 0.241. The minimum Gasteiger partial charge on any atom is -0.497 e. The van der Waals surface area contributed by atoms with E-state index in [1.807, 2.05) is 11.0 Å². The summed E-state index contributed by atoms with van der Waals surface area (Å²) in [4.78, 5) is 16.2. The van der Waals surface area contributed by atoms with Gasteiger partial charge in [0.25, 0.3) is 0 Å². The molecule has 0 saturated carbocycles. The van der Waals surface area contributed by atoms with Gasteiger partial charge in [-0.25, -0.2) is 0 Å². The van der Waals surface area contributed by atoms with Crippen molar-refractivity contribution in [2.45, 2.75) is 45.4 Å². The molecule has 150 valence electrons. The number of carbonyl (C=O) groups is 1. The molecule has 2 unspecified atom stereocenters. The summed E-state index contributed by atoms with van der Waals surface area (Å²) >= 11 is 3.69. The van der Waals surface area contributed by atoms with Gasteiger partial charge in [-0.1, -0.05) is 15.9 Å². The van der Waals surface area contributed by atoms with Crippen molar-refractivity contribution in [1.29, 1.82) is 0 Å². The number of ether oxygens (including phenoxy) is 1. The smallest absolute Gasteiger partial charge is 0.219 e. The van der Waals surface area contributed by atoms with E-state index in [1.165, 1.54) is 61.8 Å². The van der Waals surface area contributed by atoms with Crippen LogP contribution >= 0.6 is 15.9 Å². The lowest BCUT2D eigenvalue weighted by atomic mass is 9.93. The summed E-state index contributed by atoms with van der Waals surface area (Å²) in [6.07, 6.45) is 7.37. The number of carbonyl (C=O) groups excluding carboxylic acids is 1. The Balaban J connectivity index is 1.39. The van der Waals surface area contributed by atoms with Crippen LogP contribution in [-0.4, -0.2) is 55.5 Å². The molecule has 0 bridgehead atoms. The first-order valence-electron chi connectivity index (χ1n) is 10.4. The fraction of sp³-hybridized carbons (Fsp3) is 0.682. The van der Waals surface area contributed by atoms with Gasteiger partial charge in [0.2, 0.25) is 5.91 Å². The van der Waals surface area contributed by atoms with Gasteiger partial charge in [-0.3, -0.25) is 4.79 Å². The number of nitrogens with zero attached hydrogens (tertiary/aromatic N) is 2. The number of hydrogen-bond acceptors (Lipinski definition) is 3. The van der Waals surface area contributed by atoms with E-state index in [9.17, 15) is 4.79 Å². The lowest BCUT2D eigenvalue weighted by Gasteiger charge is -2.32. The molecule has 0 radical (unpaired) electrons. The summed E-state index contributed by atoms with van der Waals surface area (Å²) in [6.45, 7) is 7.26. The lowest BCUT2D eigenvalue weighted by Crippen LogP contribution is -2.38. The van der Waals surface area contributed by atoms with Crippen LogP contribution in [0.25, 0.3) is 0 Å². The van der Waals surface area contributed by atoms with Crippen molar-refractivity contribution in [3.8, 4) is 5.75 Å². The topological polar surface area (TPSA) is 32.8 Å². The number of piperidine rings is 1. The molecular weight excluding hydrogens is 404 g/mol. The van der Waals surface area contributed by atoms with Gasteiger partial charge in [-0.15, -0.1) is 0 Å². The van der Waals surface area contributed by atoms with Crippen LogP contribution in [-0.2, 0) is 11.2 Å². The molecule has 1 aromatic rings. The molecule has 0 aromatic heterocycles. The summed E-state index contributed by atoms with van der Waals surface area (Å²) < 4.78 is 6.56. The van der Waals surface area contributed by atoms with Crippen molar-refractivity contribution in [2.24, 2.45) is 11.8 Å². The number of halogens is 1. The zero-order valence-electron chi connectivity index (χ0n) is 16.8. The normalized spacial score (nSPS) is 23.6. The third-order valence-corrected chi connectivity index (χ3v) is 6.96. The van der Waals surface area contributed by atoms with Crippen molar-refractivity contribution in [2.75, 3.05) is 39.8 Å². The number of benzene rings is 1. The molecule has 2 aliphatic rings. The van der Waals surface area contributed by atoms with Crippen LogP contribution in [0.15, 0.2) is 22.7 Å². The van der Waals surface area contributed by atoms with Gasteiger partial charge in [-0.2, -0.15) is 0 Å². The van der Waals surface area contributed by atoms with Crippen LogP contribution in [0.1, 0.15) is 44.6 Å². The summed E-state index contributed by atoms with van der Waals surface area (Å²) in [6, 6.07) is 6.26. The first-order valence-corrected chi connectivity index (χ1v) is 11.1. The summed E-state index contributed by atoms with van der Waals surface area (Å²) in [5.74, 6) is 2.62. The zero-order chi connectivity index (χ0) is 19.2. The summed E-state index contributed by atoms with van der Waals surface area (Å²) in [7, 11) is 1.73. The van der Waals surface area contributed by atoms with Crippen molar-refractivity contribution in [1.82, 2.24) is 9.80 Å². The third kappa shape index (κ3) is 5.95. The molecule has 1 amide bonds. The monoisotopic (exact) mass is 436 g/mol. The number of amides is 1. The second kappa shape index (κ2) is 9.92. The third-order valence-electron chi connectivity index (χ3n) is 6.18. The predicted molar refractivity (Wildman–Crippen MR) is 113 cm³/mol. The van der Waals surface area contributed by atoms with Crippen molar-refractivity contribution in [3.63, 3.8) is 0 Å². The van der Waals surface area contributed by atoms with E-state index in [0.29, 0.717) is 5.92 Å². The van der Waals surface area contributed by atoms with E-state index < -0.39 is 0 Å². The van der Waals surface area contributed by atoms with E-state index in [4.69, 9.17) is 4.74 Å². The van der Waals surface area contributed by atoms with Crippen LogP contribution in [0.3, 0.4) is 0 Å². The van der Waals surface area contributed by atoms with Gasteiger partial charge in [-0.05, 0) is 87.2 Å². The summed E-state index contributed by atoms with van der Waals surface area (Å²) in [5.41, 5.74) is 1.35. The van der Waals surface area contributed by atoms with E-state index in [1.54, 1.807) is 14.0 Å². The first kappa shape index (κ1) is 20.7. The highest BCUT2D eigenvalue weighted by Gasteiger charge is 2.25. The van der Waals surface area contributed by atoms with Crippen LogP contribution in [0.2, 0.25) is 0 Å². The molecule has 0 aliphatic carbocycles. The molecule has 0 N–H and O–H groups in total. The molecule has 5 heteroatoms. The molecule has 2 heterocycles. The molecule has 2 atom stereocenters. The largest absolute Gasteiger partial charge is 0.497 e. The predicted octanol–water partition coefficient (Wildman–Crippen LogP) is 4.36. The number of likely N-dealkylation sites (tertiary alicyclic amines) is 2. The quantitative estimate of drug-likeness (QED) is 0.636. The second-order valence-electron chi connectivity index (χ2n) is 8.23. The van der Waals surface area contributed by atoms with Crippen molar-refractivity contribution in [3.05, 3.63) is 28.2 Å². The lowest BCUT2D eigenvalue weighted by molar-refractivity contribution is -0.130. The second-order valence-corrected chi connectivity index (χ2v) is 9.09. The van der Waals surface area contributed by atoms with Gasteiger partial charge in [0.05, 0.1) is 7.11 Å². The van der Waals surface area contributed by atoms with Crippen LogP contribution < -0.4 is 4.74 Å². The van der Waals surface area contributed by atoms with E-state index >= 15 is 0 Å². The molecule has 3 rings (SSSR count). The Morgan fingerprint density at radius 2 is 2.07 bits per heavy atom. The van der Waals surface area contributed by atoms with Gasteiger partial charge in [0.15, 0.2) is 0 Å². The highest BCUT2D eigenvalue weighted by molar-refractivity contribution is 9.10. The van der Waals surface area contributed by atoms with Gasteiger partial charge in [0.1, 0.15) is 5.75 Å². The van der Waals surface area contributed by atoms with E-state index in [2.05, 4.69) is 33.0 Å². The Morgan fingerprint density at radius 3 is 2.85 bits per heavy atom. The number of methoxy groups -OCH3 is 1. The fourth-order valence-corrected chi connectivity index (χ4v) is 5.03. The molecule has 2 saturated heterocycles. The molecule has 2 fully saturated rings. The van der Waals surface area contributed by atoms with Crippen LogP contribution in [0.5, 0.6) is 5.75 Å². The Labute approximate surface area is 172 Å².